The number of nitrogens with zero attached hydrogens (tertiary/aromatic N) is 2. The maximum absolute atomic E-state index is 5.73. The summed E-state index contributed by atoms with van der Waals surface area (Å²) in [7, 11) is 1.78. The summed E-state index contributed by atoms with van der Waals surface area (Å²) in [5, 5.41) is 2.10. The second-order valence-corrected chi connectivity index (χ2v) is 7.51. The van der Waals surface area contributed by atoms with Crippen LogP contribution in [0.15, 0.2) is 54.2 Å². The Labute approximate surface area is 151 Å². The monoisotopic (exact) mass is 358 g/mol. The molecular weight excluding hydrogens is 336 g/mol. The van der Waals surface area contributed by atoms with Crippen LogP contribution in [0.1, 0.15) is 16.7 Å². The molecule has 3 aromatic rings. The molecule has 0 bridgehead atoms. The molecule has 0 aliphatic heterocycles. The molecule has 0 aliphatic carbocycles. The molecule has 0 spiro atoms. The van der Waals surface area contributed by atoms with Crippen molar-refractivity contribution >= 4 is 23.1 Å². The molecule has 5 heteroatoms. The van der Waals surface area contributed by atoms with E-state index in [0.717, 1.165) is 24.4 Å². The first-order chi connectivity index (χ1) is 11.8. The predicted octanol–water partition coefficient (Wildman–Crippen LogP) is 4.90. The maximum atomic E-state index is 5.73. The lowest BCUT2D eigenvalue weighted by molar-refractivity contribution is 0.0901. The van der Waals surface area contributed by atoms with Gasteiger partial charge >= 0.3 is 0 Å². The third-order valence-electron chi connectivity index (χ3n) is 4.04. The topological polar surface area (TPSA) is 27.1 Å². The Bertz CT molecular complexity index is 738. The predicted molar refractivity (Wildman–Crippen MR) is 104 cm³/mol. The van der Waals surface area contributed by atoms with Gasteiger partial charge in [-0.2, -0.15) is 11.8 Å². The van der Waals surface area contributed by atoms with Crippen LogP contribution in [0.5, 0.6) is 0 Å². The molecule has 0 amide bonds. The smallest absolute Gasteiger partial charge is 0.109 e. The van der Waals surface area contributed by atoms with Crippen molar-refractivity contribution in [2.45, 2.75) is 19.1 Å². The van der Waals surface area contributed by atoms with E-state index < -0.39 is 0 Å². The van der Waals surface area contributed by atoms with Crippen LogP contribution in [0.2, 0.25) is 0 Å². The van der Waals surface area contributed by atoms with Crippen molar-refractivity contribution in [2.24, 2.45) is 0 Å². The molecule has 1 atom stereocenters. The molecule has 126 valence electrons. The number of benzene rings is 1. The van der Waals surface area contributed by atoms with Gasteiger partial charge in [-0.15, -0.1) is 11.3 Å². The van der Waals surface area contributed by atoms with Crippen LogP contribution in [0, 0.1) is 0 Å². The Balaban J connectivity index is 1.91. The number of thiophene rings is 1. The third kappa shape index (κ3) is 3.91. The number of rotatable bonds is 8. The molecule has 0 radical (unpaired) electrons. The lowest BCUT2D eigenvalue weighted by Crippen LogP contribution is -2.12. The van der Waals surface area contributed by atoms with E-state index in [2.05, 4.69) is 52.6 Å². The number of hydrogen-bond acceptors (Lipinski definition) is 4. The highest BCUT2D eigenvalue weighted by Crippen LogP contribution is 2.28. The lowest BCUT2D eigenvalue weighted by atomic mass is 10.1. The second kappa shape index (κ2) is 8.51. The molecule has 2 heterocycles. The van der Waals surface area contributed by atoms with E-state index in [4.69, 9.17) is 9.72 Å². The van der Waals surface area contributed by atoms with Crippen LogP contribution in [-0.4, -0.2) is 28.7 Å². The van der Waals surface area contributed by atoms with Crippen molar-refractivity contribution in [3.8, 4) is 11.3 Å². The van der Waals surface area contributed by atoms with Gasteiger partial charge in [-0.05, 0) is 29.9 Å². The minimum absolute atomic E-state index is 0.0656. The number of thioether (sulfide) groups is 1. The van der Waals surface area contributed by atoms with Crippen molar-refractivity contribution < 1.29 is 4.74 Å². The first-order valence-electron chi connectivity index (χ1n) is 7.98. The van der Waals surface area contributed by atoms with E-state index in [1.54, 1.807) is 18.4 Å². The van der Waals surface area contributed by atoms with Crippen molar-refractivity contribution in [1.29, 1.82) is 0 Å². The van der Waals surface area contributed by atoms with Gasteiger partial charge in [0, 0.05) is 23.2 Å². The Morgan fingerprint density at radius 1 is 1.21 bits per heavy atom. The molecule has 24 heavy (non-hydrogen) atoms. The zero-order chi connectivity index (χ0) is 16.8. The molecule has 1 aromatic carbocycles. The number of methoxy groups -OCH3 is 1. The van der Waals surface area contributed by atoms with Gasteiger partial charge in [-0.1, -0.05) is 36.4 Å². The summed E-state index contributed by atoms with van der Waals surface area (Å²) >= 11 is 3.60. The summed E-state index contributed by atoms with van der Waals surface area (Å²) in [5.41, 5.74) is 3.55. The molecule has 1 unspecified atom stereocenters. The Morgan fingerprint density at radius 2 is 2.04 bits per heavy atom. The van der Waals surface area contributed by atoms with Crippen molar-refractivity contribution in [1.82, 2.24) is 9.55 Å². The van der Waals surface area contributed by atoms with Crippen LogP contribution in [0.25, 0.3) is 11.3 Å². The van der Waals surface area contributed by atoms with Gasteiger partial charge in [0.05, 0.1) is 18.6 Å². The Morgan fingerprint density at radius 3 is 2.71 bits per heavy atom. The summed E-state index contributed by atoms with van der Waals surface area (Å²) in [4.78, 5) is 5.96. The summed E-state index contributed by atoms with van der Waals surface area (Å²) in [6, 6.07) is 14.6. The fourth-order valence-corrected chi connectivity index (χ4v) is 3.99. The average molecular weight is 359 g/mol. The second-order valence-electron chi connectivity index (χ2n) is 5.54. The van der Waals surface area contributed by atoms with E-state index in [-0.39, 0.29) is 6.10 Å². The van der Waals surface area contributed by atoms with Gasteiger partial charge < -0.3 is 9.30 Å². The summed E-state index contributed by atoms with van der Waals surface area (Å²) in [6.07, 6.45) is 5.17. The molecule has 0 fully saturated rings. The Hall–Kier alpha value is -1.56. The number of imidazole rings is 1. The van der Waals surface area contributed by atoms with Crippen LogP contribution in [0.4, 0.5) is 0 Å². The molecule has 0 N–H and O–H groups in total. The number of hydrogen-bond donors (Lipinski definition) is 0. The molecule has 0 saturated heterocycles. The van der Waals surface area contributed by atoms with Gasteiger partial charge in [0.15, 0.2) is 0 Å². The van der Waals surface area contributed by atoms with E-state index in [1.807, 2.05) is 24.2 Å². The van der Waals surface area contributed by atoms with Crippen molar-refractivity contribution in [2.75, 3.05) is 19.1 Å². The molecule has 3 rings (SSSR count). The van der Waals surface area contributed by atoms with Crippen LogP contribution in [-0.2, 0) is 17.7 Å². The lowest BCUT2D eigenvalue weighted by Gasteiger charge is -2.17. The maximum Gasteiger partial charge on any atom is 0.109 e. The first-order valence-corrected chi connectivity index (χ1v) is 10.3. The highest BCUT2D eigenvalue weighted by Gasteiger charge is 2.17. The Kier molecular flexibility index (Phi) is 6.12. The van der Waals surface area contributed by atoms with Gasteiger partial charge in [-0.3, -0.25) is 0 Å². The third-order valence-corrected chi connectivity index (χ3v) is 5.62. The summed E-state index contributed by atoms with van der Waals surface area (Å²) < 4.78 is 7.99. The van der Waals surface area contributed by atoms with E-state index in [9.17, 15) is 0 Å². The van der Waals surface area contributed by atoms with E-state index in [0.29, 0.717) is 0 Å². The minimum atomic E-state index is 0.0656. The SMILES string of the molecule is COC(Cn1cnc(-c2ccccc2)c1CCSC)c1cccs1. The van der Waals surface area contributed by atoms with Crippen LogP contribution < -0.4 is 0 Å². The molecule has 3 nitrogen and oxygen atoms in total. The number of aromatic nitrogens is 2. The van der Waals surface area contributed by atoms with E-state index >= 15 is 0 Å². The zero-order valence-corrected chi connectivity index (χ0v) is 15.6. The van der Waals surface area contributed by atoms with Gasteiger partial charge in [0.25, 0.3) is 0 Å². The van der Waals surface area contributed by atoms with Crippen molar-refractivity contribution in [3.05, 3.63) is 64.7 Å². The largest absolute Gasteiger partial charge is 0.374 e. The van der Waals surface area contributed by atoms with Crippen molar-refractivity contribution in [3.63, 3.8) is 0 Å². The molecule has 2 aromatic heterocycles. The highest BCUT2D eigenvalue weighted by molar-refractivity contribution is 7.98. The van der Waals surface area contributed by atoms with Crippen LogP contribution >= 0.6 is 23.1 Å². The number of ether oxygens (including phenoxy) is 1. The van der Waals surface area contributed by atoms with Gasteiger partial charge in [0.2, 0.25) is 0 Å². The van der Waals surface area contributed by atoms with E-state index in [1.165, 1.54) is 16.1 Å². The normalized spacial score (nSPS) is 12.4. The molecule has 0 saturated carbocycles. The van der Waals surface area contributed by atoms with Gasteiger partial charge in [-0.25, -0.2) is 4.98 Å². The highest BCUT2D eigenvalue weighted by atomic mass is 32.2. The van der Waals surface area contributed by atoms with Gasteiger partial charge in [0.1, 0.15) is 6.10 Å². The summed E-state index contributed by atoms with van der Waals surface area (Å²) in [5.74, 6) is 1.09. The summed E-state index contributed by atoms with van der Waals surface area (Å²) in [6.45, 7) is 0.792. The quantitative estimate of drug-likeness (QED) is 0.573. The minimum Gasteiger partial charge on any atom is -0.374 e. The zero-order valence-electron chi connectivity index (χ0n) is 14.0. The first kappa shape index (κ1) is 17.3. The average Bonchev–Trinajstić information content (AvgIpc) is 3.28. The standard InChI is InChI=1S/C19H22N2OS2/c1-22-17(18-9-6-11-24-18)13-21-14-20-19(16(21)10-12-23-2)15-7-4-3-5-8-15/h3-9,11,14,17H,10,12-13H2,1-2H3. The fraction of sp³-hybridized carbons (Fsp3) is 0.316. The molecular formula is C19H22N2OS2. The fourth-order valence-electron chi connectivity index (χ4n) is 2.80. The molecule has 0 aliphatic rings. The van der Waals surface area contributed by atoms with Crippen LogP contribution in [0.3, 0.4) is 0 Å².